The Labute approximate surface area is 93.0 Å². The third-order valence-electron chi connectivity index (χ3n) is 2.98. The van der Waals surface area contributed by atoms with Crippen LogP contribution in [0.1, 0.15) is 6.42 Å². The van der Waals surface area contributed by atoms with E-state index in [9.17, 15) is 17.2 Å². The second kappa shape index (κ2) is 2.97. The molecule has 0 aromatic rings. The minimum atomic E-state index is -3.74. The minimum Gasteiger partial charge on any atom is -0.255 e. The first kappa shape index (κ1) is 11.4. The van der Waals surface area contributed by atoms with Crippen LogP contribution in [0.4, 0.5) is 8.78 Å². The van der Waals surface area contributed by atoms with Crippen LogP contribution in [0, 0.1) is 5.92 Å². The predicted octanol–water partition coefficient (Wildman–Crippen LogP) is 1.16. The van der Waals surface area contributed by atoms with Gasteiger partial charge in [0.2, 0.25) is 0 Å². The number of hydrogen-bond acceptors (Lipinski definition) is 2. The van der Waals surface area contributed by atoms with Gasteiger partial charge in [0, 0.05) is 25.9 Å². The van der Waals surface area contributed by atoms with Crippen molar-refractivity contribution < 1.29 is 17.2 Å². The Morgan fingerprint density at radius 1 is 1.44 bits per heavy atom. The van der Waals surface area contributed by atoms with Crippen LogP contribution < -0.4 is 0 Å². The van der Waals surface area contributed by atoms with Crippen molar-refractivity contribution in [3.63, 3.8) is 0 Å². The molecule has 1 saturated heterocycles. The highest BCUT2D eigenvalue weighted by Crippen LogP contribution is 2.50. The third-order valence-corrected chi connectivity index (χ3v) is 4.82. The van der Waals surface area contributed by atoms with Gasteiger partial charge >= 0.3 is 10.2 Å². The standard InChI is InChI=1S/C9H12F2N2O2S/c1-6-7(2)13(16(14,15)12(6)3)5-8-4-9(8,10)11/h8H,1-2,4-5H2,3H3. The Morgan fingerprint density at radius 2 is 1.94 bits per heavy atom. The van der Waals surface area contributed by atoms with E-state index in [1.165, 1.54) is 7.05 Å². The van der Waals surface area contributed by atoms with E-state index in [4.69, 9.17) is 0 Å². The smallest absolute Gasteiger partial charge is 0.255 e. The van der Waals surface area contributed by atoms with E-state index >= 15 is 0 Å². The van der Waals surface area contributed by atoms with E-state index in [1.54, 1.807) is 0 Å². The number of rotatable bonds is 2. The minimum absolute atomic E-state index is 0.171. The molecule has 1 saturated carbocycles. The Bertz CT molecular complexity index is 472. The maximum absolute atomic E-state index is 12.7. The topological polar surface area (TPSA) is 40.6 Å². The molecule has 4 nitrogen and oxygen atoms in total. The van der Waals surface area contributed by atoms with Gasteiger partial charge in [0.1, 0.15) is 0 Å². The molecule has 2 rings (SSSR count). The zero-order chi connectivity index (χ0) is 12.3. The number of nitrogens with zero attached hydrogens (tertiary/aromatic N) is 2. The number of hydrogen-bond donors (Lipinski definition) is 0. The summed E-state index contributed by atoms with van der Waals surface area (Å²) in [7, 11) is -2.41. The lowest BCUT2D eigenvalue weighted by atomic mass is 10.3. The average Bonchev–Trinajstić information content (AvgIpc) is 2.74. The maximum atomic E-state index is 12.7. The molecular weight excluding hydrogens is 238 g/mol. The summed E-state index contributed by atoms with van der Waals surface area (Å²) in [4.78, 5) is 0. The SMILES string of the molecule is C=C1C(=C)N(CC2CC2(F)F)S(=O)(=O)N1C. The van der Waals surface area contributed by atoms with E-state index in [2.05, 4.69) is 13.2 Å². The van der Waals surface area contributed by atoms with E-state index in [0.717, 1.165) is 8.61 Å². The molecule has 0 spiro atoms. The van der Waals surface area contributed by atoms with Crippen LogP contribution in [0.2, 0.25) is 0 Å². The molecule has 2 fully saturated rings. The van der Waals surface area contributed by atoms with Crippen molar-refractivity contribution in [3.8, 4) is 0 Å². The van der Waals surface area contributed by atoms with Gasteiger partial charge in [-0.05, 0) is 0 Å². The molecule has 1 atom stereocenters. The molecule has 0 radical (unpaired) electrons. The van der Waals surface area contributed by atoms with Crippen molar-refractivity contribution in [2.75, 3.05) is 13.6 Å². The Kier molecular flexibility index (Phi) is 2.11. The van der Waals surface area contributed by atoms with Gasteiger partial charge in [0.15, 0.2) is 0 Å². The highest BCUT2D eigenvalue weighted by Gasteiger charge is 2.59. The quantitative estimate of drug-likeness (QED) is 0.738. The van der Waals surface area contributed by atoms with Gasteiger partial charge in [0.25, 0.3) is 5.92 Å². The number of halogens is 2. The molecule has 16 heavy (non-hydrogen) atoms. The maximum Gasteiger partial charge on any atom is 0.326 e. The molecule has 0 bridgehead atoms. The second-order valence-electron chi connectivity index (χ2n) is 4.06. The lowest BCUT2D eigenvalue weighted by molar-refractivity contribution is 0.0960. The molecule has 0 N–H and O–H groups in total. The van der Waals surface area contributed by atoms with Crippen molar-refractivity contribution in [2.45, 2.75) is 12.3 Å². The predicted molar refractivity (Wildman–Crippen MR) is 54.7 cm³/mol. The fraction of sp³-hybridized carbons (Fsp3) is 0.556. The van der Waals surface area contributed by atoms with E-state index in [0.29, 0.717) is 0 Å². The zero-order valence-electron chi connectivity index (χ0n) is 8.78. The van der Waals surface area contributed by atoms with E-state index < -0.39 is 22.0 Å². The summed E-state index contributed by atoms with van der Waals surface area (Å²) in [6.45, 7) is 6.87. The summed E-state index contributed by atoms with van der Waals surface area (Å²) >= 11 is 0. The first-order chi connectivity index (χ1) is 7.18. The summed E-state index contributed by atoms with van der Waals surface area (Å²) in [6, 6.07) is 0. The molecule has 0 aromatic carbocycles. The summed E-state index contributed by atoms with van der Waals surface area (Å²) in [5.74, 6) is -3.64. The Balaban J connectivity index is 2.22. The van der Waals surface area contributed by atoms with E-state index in [-0.39, 0.29) is 24.4 Å². The number of alkyl halides is 2. The van der Waals surface area contributed by atoms with Gasteiger partial charge in [-0.1, -0.05) is 13.2 Å². The van der Waals surface area contributed by atoms with Crippen LogP contribution in [0.5, 0.6) is 0 Å². The second-order valence-corrected chi connectivity index (χ2v) is 5.95. The van der Waals surface area contributed by atoms with Crippen LogP contribution in [-0.4, -0.2) is 36.5 Å². The first-order valence-electron chi connectivity index (χ1n) is 4.70. The normalized spacial score (nSPS) is 31.1. The number of likely N-dealkylation sites (N-methyl/N-ethyl adjacent to an activating group) is 1. The van der Waals surface area contributed by atoms with Crippen molar-refractivity contribution >= 4 is 10.2 Å². The monoisotopic (exact) mass is 250 g/mol. The van der Waals surface area contributed by atoms with Crippen LogP contribution in [0.15, 0.2) is 24.6 Å². The van der Waals surface area contributed by atoms with Crippen molar-refractivity contribution in [2.24, 2.45) is 5.92 Å². The molecule has 0 aromatic heterocycles. The van der Waals surface area contributed by atoms with Gasteiger partial charge < -0.3 is 0 Å². The zero-order valence-corrected chi connectivity index (χ0v) is 9.60. The third kappa shape index (κ3) is 1.41. The van der Waals surface area contributed by atoms with Crippen LogP contribution >= 0.6 is 0 Å². The van der Waals surface area contributed by atoms with Gasteiger partial charge in [-0.25, -0.2) is 8.78 Å². The molecular formula is C9H12F2N2O2S. The summed E-state index contributed by atoms with van der Waals surface area (Å²) in [6.07, 6.45) is -0.261. The van der Waals surface area contributed by atoms with Crippen LogP contribution in [-0.2, 0) is 10.2 Å². The highest BCUT2D eigenvalue weighted by atomic mass is 32.2. The average molecular weight is 250 g/mol. The van der Waals surface area contributed by atoms with Gasteiger partial charge in [0.05, 0.1) is 11.4 Å². The van der Waals surface area contributed by atoms with Gasteiger partial charge in [-0.2, -0.15) is 8.42 Å². The first-order valence-corrected chi connectivity index (χ1v) is 6.10. The molecule has 2 aliphatic rings. The summed E-state index contributed by atoms with van der Waals surface area (Å²) < 4.78 is 50.9. The molecule has 1 unspecified atom stereocenters. The molecule has 90 valence electrons. The van der Waals surface area contributed by atoms with Gasteiger partial charge in [-0.3, -0.25) is 8.61 Å². The van der Waals surface area contributed by atoms with Crippen LogP contribution in [0.25, 0.3) is 0 Å². The lowest BCUT2D eigenvalue weighted by Gasteiger charge is -2.17. The molecule has 1 heterocycles. The lowest BCUT2D eigenvalue weighted by Crippen LogP contribution is -2.32. The molecule has 1 aliphatic carbocycles. The molecule has 7 heteroatoms. The van der Waals surface area contributed by atoms with Crippen LogP contribution in [0.3, 0.4) is 0 Å². The summed E-state index contributed by atoms with van der Waals surface area (Å²) in [5.41, 5.74) is 0.397. The van der Waals surface area contributed by atoms with Crippen molar-refractivity contribution in [1.82, 2.24) is 8.61 Å². The fourth-order valence-electron chi connectivity index (χ4n) is 1.62. The summed E-state index contributed by atoms with van der Waals surface area (Å²) in [5, 5.41) is 0. The van der Waals surface area contributed by atoms with Crippen molar-refractivity contribution in [1.29, 1.82) is 0 Å². The highest BCUT2D eigenvalue weighted by molar-refractivity contribution is 7.87. The molecule has 0 amide bonds. The Morgan fingerprint density at radius 3 is 2.25 bits per heavy atom. The Hall–Kier alpha value is -1.11. The van der Waals surface area contributed by atoms with Gasteiger partial charge in [-0.15, -0.1) is 0 Å². The fourth-order valence-corrected chi connectivity index (χ4v) is 3.06. The molecule has 1 aliphatic heterocycles. The van der Waals surface area contributed by atoms with E-state index in [1.807, 2.05) is 0 Å². The van der Waals surface area contributed by atoms with Crippen molar-refractivity contribution in [3.05, 3.63) is 24.6 Å². The largest absolute Gasteiger partial charge is 0.326 e.